The van der Waals surface area contributed by atoms with E-state index in [4.69, 9.17) is 31.5 Å². The fourth-order valence-corrected chi connectivity index (χ4v) is 2.81. The zero-order valence-electron chi connectivity index (χ0n) is 20.3. The molecule has 2 atom stereocenters. The van der Waals surface area contributed by atoms with Crippen molar-refractivity contribution in [2.24, 2.45) is 11.5 Å². The van der Waals surface area contributed by atoms with Crippen LogP contribution in [0.25, 0.3) is 0 Å². The molecule has 0 rings (SSSR count). The summed E-state index contributed by atoms with van der Waals surface area (Å²) in [5.41, 5.74) is 9.81. The van der Waals surface area contributed by atoms with Gasteiger partial charge in [0.15, 0.2) is 0 Å². The number of allylic oxidation sites excluding steroid dienone is 1. The van der Waals surface area contributed by atoms with Crippen LogP contribution in [0.15, 0.2) is 12.2 Å². The molecule has 0 aliphatic rings. The van der Waals surface area contributed by atoms with Gasteiger partial charge < -0.3 is 31.5 Å². The first-order chi connectivity index (χ1) is 15.7. The molecule has 0 aliphatic carbocycles. The summed E-state index contributed by atoms with van der Waals surface area (Å²) in [6, 6.07) is -0.979. The molecule has 0 aliphatic heterocycles. The van der Waals surface area contributed by atoms with Crippen LogP contribution < -0.4 is 11.5 Å². The van der Waals surface area contributed by atoms with Gasteiger partial charge in [-0.3, -0.25) is 9.59 Å². The van der Waals surface area contributed by atoms with E-state index in [0.717, 1.165) is 12.8 Å². The molecule has 9 nitrogen and oxygen atoms in total. The molecule has 0 fully saturated rings. The lowest BCUT2D eigenvalue weighted by molar-refractivity contribution is -0.141. The van der Waals surface area contributed by atoms with Gasteiger partial charge in [0, 0.05) is 12.5 Å². The molecule has 0 spiro atoms. The Hall–Kier alpha value is -1.97. The Balaban J connectivity index is 0. The average Bonchev–Trinajstić information content (AvgIpc) is 2.79. The van der Waals surface area contributed by atoms with Gasteiger partial charge in [0.1, 0.15) is 18.8 Å². The Morgan fingerprint density at radius 3 is 1.91 bits per heavy atom. The topological polar surface area (TPSA) is 173 Å². The van der Waals surface area contributed by atoms with Gasteiger partial charge in [-0.1, -0.05) is 77.2 Å². The number of carbonyl (C=O) groups is 3. The summed E-state index contributed by atoms with van der Waals surface area (Å²) in [5.74, 6) is -2.10. The highest BCUT2D eigenvalue weighted by Crippen LogP contribution is 2.12. The molecule has 0 saturated heterocycles. The summed E-state index contributed by atoms with van der Waals surface area (Å²) in [4.78, 5) is 31.4. The molecule has 0 aromatic carbocycles. The molecule has 0 heterocycles. The number of hydrogen-bond donors (Lipinski definition) is 5. The number of rotatable bonds is 20. The van der Waals surface area contributed by atoms with Crippen molar-refractivity contribution in [3.63, 3.8) is 0 Å². The molecular weight excluding hydrogens is 428 g/mol. The van der Waals surface area contributed by atoms with Crippen LogP contribution >= 0.6 is 0 Å². The quantitative estimate of drug-likeness (QED) is 0.102. The minimum Gasteiger partial charge on any atom is -0.480 e. The first-order valence-corrected chi connectivity index (χ1v) is 12.1. The van der Waals surface area contributed by atoms with Gasteiger partial charge in [0.25, 0.3) is 0 Å². The van der Waals surface area contributed by atoms with Crippen LogP contribution in [0, 0.1) is 0 Å². The molecule has 194 valence electrons. The fourth-order valence-electron chi connectivity index (χ4n) is 2.81. The van der Waals surface area contributed by atoms with Gasteiger partial charge in [-0.25, -0.2) is 4.79 Å². The fraction of sp³-hybridized carbons (Fsp3) is 0.792. The second-order valence-electron chi connectivity index (χ2n) is 8.14. The summed E-state index contributed by atoms with van der Waals surface area (Å²) < 4.78 is 4.77. The van der Waals surface area contributed by atoms with E-state index in [9.17, 15) is 14.4 Å². The number of hydrogen-bond acceptors (Lipinski definition) is 7. The molecule has 0 saturated carbocycles. The SMILES string of the molecule is CCCCCCCCCCCCC/C=C/C(=O)OCC(O)CO.NC(=O)CCC(N)C(=O)O. The number of unbranched alkanes of at least 4 members (excludes halogenated alkanes) is 11. The molecule has 2 unspecified atom stereocenters. The van der Waals surface area contributed by atoms with Crippen molar-refractivity contribution in [1.29, 1.82) is 0 Å². The monoisotopic (exact) mass is 474 g/mol. The van der Waals surface area contributed by atoms with Crippen molar-refractivity contribution < 1.29 is 34.4 Å². The molecule has 0 aromatic heterocycles. The lowest BCUT2D eigenvalue weighted by atomic mass is 10.1. The summed E-state index contributed by atoms with van der Waals surface area (Å²) in [6.45, 7) is 1.70. The van der Waals surface area contributed by atoms with Gasteiger partial charge in [-0.2, -0.15) is 0 Å². The van der Waals surface area contributed by atoms with Crippen LogP contribution in [0.3, 0.4) is 0 Å². The number of aliphatic hydroxyl groups is 2. The zero-order chi connectivity index (χ0) is 25.3. The first-order valence-electron chi connectivity index (χ1n) is 12.1. The summed E-state index contributed by atoms with van der Waals surface area (Å²) >= 11 is 0. The van der Waals surface area contributed by atoms with E-state index in [1.807, 2.05) is 6.08 Å². The minimum atomic E-state index is -1.11. The minimum absolute atomic E-state index is 0.0213. The van der Waals surface area contributed by atoms with Crippen molar-refractivity contribution in [1.82, 2.24) is 0 Å². The van der Waals surface area contributed by atoms with Gasteiger partial charge in [-0.05, 0) is 19.3 Å². The van der Waals surface area contributed by atoms with Crippen LogP contribution in [-0.2, 0) is 19.1 Å². The first kappa shape index (κ1) is 33.2. The Labute approximate surface area is 198 Å². The predicted octanol–water partition coefficient (Wildman–Crippen LogP) is 2.80. The lowest BCUT2D eigenvalue weighted by Crippen LogP contribution is -2.31. The number of ether oxygens (including phenoxy) is 1. The maximum absolute atomic E-state index is 11.3. The molecule has 33 heavy (non-hydrogen) atoms. The molecule has 9 heteroatoms. The Morgan fingerprint density at radius 2 is 1.45 bits per heavy atom. The van der Waals surface area contributed by atoms with E-state index in [0.29, 0.717) is 0 Å². The zero-order valence-corrected chi connectivity index (χ0v) is 20.3. The number of primary amides is 1. The number of aliphatic hydroxyl groups excluding tert-OH is 2. The molecule has 0 aromatic rings. The van der Waals surface area contributed by atoms with Crippen molar-refractivity contribution in [2.45, 2.75) is 109 Å². The van der Waals surface area contributed by atoms with E-state index in [1.165, 1.54) is 70.3 Å². The van der Waals surface area contributed by atoms with Crippen molar-refractivity contribution in [3.8, 4) is 0 Å². The second-order valence-corrected chi connectivity index (χ2v) is 8.14. The summed E-state index contributed by atoms with van der Waals surface area (Å²) in [7, 11) is 0. The molecule has 7 N–H and O–H groups in total. The Bertz CT molecular complexity index is 527. The molecule has 0 radical (unpaired) electrons. The van der Waals surface area contributed by atoms with Crippen molar-refractivity contribution >= 4 is 17.8 Å². The number of amides is 1. The van der Waals surface area contributed by atoms with E-state index >= 15 is 0 Å². The number of aliphatic carboxylic acids is 1. The molecular formula is C24H46N2O7. The van der Waals surface area contributed by atoms with Crippen LogP contribution in [0.4, 0.5) is 0 Å². The average molecular weight is 475 g/mol. The summed E-state index contributed by atoms with van der Waals surface area (Å²) in [6.07, 6.45) is 17.7. The van der Waals surface area contributed by atoms with Gasteiger partial charge >= 0.3 is 11.9 Å². The number of esters is 1. The van der Waals surface area contributed by atoms with Crippen LogP contribution in [0.2, 0.25) is 0 Å². The van der Waals surface area contributed by atoms with E-state index in [-0.39, 0.29) is 19.4 Å². The van der Waals surface area contributed by atoms with Crippen LogP contribution in [0.5, 0.6) is 0 Å². The standard InChI is InChI=1S/C19H36O4.C5H10N2O3/c1-2-3-4-5-6-7-8-9-10-11-12-13-14-15-19(22)23-17-18(21)16-20;6-3(5(9)10)1-2-4(7)8/h14-15,18,20-21H,2-13,16-17H2,1H3;3H,1-2,6H2,(H2,7,8)(H,9,10)/b15-14+;. The largest absolute Gasteiger partial charge is 0.480 e. The van der Waals surface area contributed by atoms with Crippen LogP contribution in [0.1, 0.15) is 96.8 Å². The van der Waals surface area contributed by atoms with Gasteiger partial charge in [0.2, 0.25) is 5.91 Å². The highest BCUT2D eigenvalue weighted by atomic mass is 16.5. The Kier molecular flexibility index (Phi) is 24.8. The summed E-state index contributed by atoms with van der Waals surface area (Å²) in [5, 5.41) is 25.8. The smallest absolute Gasteiger partial charge is 0.330 e. The number of carbonyl (C=O) groups excluding carboxylic acids is 2. The normalized spacial score (nSPS) is 12.6. The Morgan fingerprint density at radius 1 is 0.939 bits per heavy atom. The van der Waals surface area contributed by atoms with Crippen molar-refractivity contribution in [3.05, 3.63) is 12.2 Å². The number of carboxylic acids is 1. The van der Waals surface area contributed by atoms with E-state index < -0.39 is 36.6 Å². The van der Waals surface area contributed by atoms with Crippen molar-refractivity contribution in [2.75, 3.05) is 13.2 Å². The van der Waals surface area contributed by atoms with E-state index in [2.05, 4.69) is 6.92 Å². The second kappa shape index (κ2) is 24.7. The van der Waals surface area contributed by atoms with Gasteiger partial charge in [0.05, 0.1) is 6.61 Å². The third kappa shape index (κ3) is 28.0. The third-order valence-electron chi connectivity index (χ3n) is 4.88. The number of carboxylic acid groups (broad SMARTS) is 1. The third-order valence-corrected chi connectivity index (χ3v) is 4.88. The lowest BCUT2D eigenvalue weighted by Gasteiger charge is -2.06. The van der Waals surface area contributed by atoms with Gasteiger partial charge in [-0.15, -0.1) is 0 Å². The number of nitrogens with two attached hydrogens (primary N) is 2. The maximum atomic E-state index is 11.3. The van der Waals surface area contributed by atoms with Crippen LogP contribution in [-0.4, -0.2) is 58.5 Å². The maximum Gasteiger partial charge on any atom is 0.330 e. The van der Waals surface area contributed by atoms with E-state index in [1.54, 1.807) is 0 Å². The highest BCUT2D eigenvalue weighted by molar-refractivity contribution is 5.81. The molecule has 1 amide bonds. The molecule has 0 bridgehead atoms. The highest BCUT2D eigenvalue weighted by Gasteiger charge is 2.11. The predicted molar refractivity (Wildman–Crippen MR) is 128 cm³/mol.